The van der Waals surface area contributed by atoms with Gasteiger partial charge >= 0.3 is 0 Å². The molecule has 2 aliphatic heterocycles. The maximum Gasteiger partial charge on any atom is 0.259 e. The largest absolute Gasteiger partial charge is 0.287 e. The number of imide groups is 1. The molecule has 0 saturated carbocycles. The van der Waals surface area contributed by atoms with Gasteiger partial charge in [-0.3, -0.25) is 19.4 Å². The second kappa shape index (κ2) is 7.73. The predicted octanol–water partition coefficient (Wildman–Crippen LogP) is 4.27. The third-order valence-electron chi connectivity index (χ3n) is 5.82. The molecule has 2 aliphatic rings. The fraction of sp³-hybridized carbons (Fsp3) is 0.120. The average Bonchev–Trinajstić information content (AvgIpc) is 3.33. The van der Waals surface area contributed by atoms with Crippen LogP contribution in [0.15, 0.2) is 84.0 Å². The Balaban J connectivity index is 1.64. The molecule has 1 fully saturated rings. The van der Waals surface area contributed by atoms with Gasteiger partial charge in [0.2, 0.25) is 11.7 Å². The van der Waals surface area contributed by atoms with Gasteiger partial charge in [0.1, 0.15) is 17.7 Å². The minimum absolute atomic E-state index is 0.0607. The number of fused-ring (bicyclic) bond motifs is 1. The number of benzene rings is 3. The fourth-order valence-electron chi connectivity index (χ4n) is 4.21. The van der Waals surface area contributed by atoms with E-state index in [0.29, 0.717) is 27.5 Å². The molecule has 0 aliphatic carbocycles. The number of halogens is 1. The van der Waals surface area contributed by atoms with Crippen molar-refractivity contribution in [1.82, 2.24) is 0 Å². The van der Waals surface area contributed by atoms with Crippen molar-refractivity contribution < 1.29 is 14.4 Å². The summed E-state index contributed by atoms with van der Waals surface area (Å²) in [6.07, 6.45) is 0. The molecule has 6 nitrogen and oxygen atoms in total. The van der Waals surface area contributed by atoms with Gasteiger partial charge in [-0.2, -0.15) is 5.10 Å². The minimum atomic E-state index is -1.01. The van der Waals surface area contributed by atoms with Crippen molar-refractivity contribution in [2.24, 2.45) is 11.0 Å². The van der Waals surface area contributed by atoms with Crippen molar-refractivity contribution in [3.05, 3.63) is 95.0 Å². The molecule has 0 spiro atoms. The highest BCUT2D eigenvalue weighted by atomic mass is 35.5. The van der Waals surface area contributed by atoms with Crippen LogP contribution in [0.5, 0.6) is 0 Å². The van der Waals surface area contributed by atoms with Crippen LogP contribution in [-0.4, -0.2) is 29.4 Å². The number of para-hydroxylation sites is 1. The second-order valence-electron chi connectivity index (χ2n) is 7.68. The lowest BCUT2D eigenvalue weighted by Gasteiger charge is -2.23. The van der Waals surface area contributed by atoms with Crippen molar-refractivity contribution in [1.29, 1.82) is 0 Å². The summed E-state index contributed by atoms with van der Waals surface area (Å²) < 4.78 is 0. The molecule has 0 N–H and O–H groups in total. The van der Waals surface area contributed by atoms with Crippen LogP contribution in [0.25, 0.3) is 0 Å². The van der Waals surface area contributed by atoms with E-state index >= 15 is 0 Å². The Kier molecular flexibility index (Phi) is 4.87. The smallest absolute Gasteiger partial charge is 0.259 e. The van der Waals surface area contributed by atoms with Crippen LogP contribution in [0.4, 0.5) is 11.4 Å². The summed E-state index contributed by atoms with van der Waals surface area (Å²) in [6, 6.07) is 21.9. The van der Waals surface area contributed by atoms with Gasteiger partial charge in [0.05, 0.1) is 11.4 Å². The first-order chi connectivity index (χ1) is 15.5. The molecule has 32 heavy (non-hydrogen) atoms. The quantitative estimate of drug-likeness (QED) is 0.446. The maximum atomic E-state index is 13.6. The number of amides is 2. The van der Waals surface area contributed by atoms with E-state index in [2.05, 4.69) is 5.10 Å². The molecule has 0 unspecified atom stereocenters. The van der Waals surface area contributed by atoms with Crippen molar-refractivity contribution in [3.63, 3.8) is 0 Å². The van der Waals surface area contributed by atoms with Gasteiger partial charge in [0, 0.05) is 10.6 Å². The Labute approximate surface area is 189 Å². The normalized spacial score (nSPS) is 19.9. The lowest BCUT2D eigenvalue weighted by Crippen LogP contribution is -2.39. The first-order valence-corrected chi connectivity index (χ1v) is 10.5. The zero-order valence-corrected chi connectivity index (χ0v) is 17.9. The molecule has 3 aromatic carbocycles. The zero-order valence-electron chi connectivity index (χ0n) is 17.1. The van der Waals surface area contributed by atoms with Crippen LogP contribution < -0.4 is 9.91 Å². The van der Waals surface area contributed by atoms with Crippen molar-refractivity contribution >= 4 is 46.3 Å². The van der Waals surface area contributed by atoms with Crippen molar-refractivity contribution in [3.8, 4) is 0 Å². The third kappa shape index (κ3) is 3.03. The fourth-order valence-corrected chi connectivity index (χ4v) is 4.38. The van der Waals surface area contributed by atoms with Crippen LogP contribution in [0.2, 0.25) is 5.02 Å². The summed E-state index contributed by atoms with van der Waals surface area (Å²) >= 11 is 6.25. The molecule has 0 bridgehead atoms. The summed E-state index contributed by atoms with van der Waals surface area (Å²) in [5, 5.41) is 6.43. The highest BCUT2D eigenvalue weighted by molar-refractivity contribution is 6.53. The van der Waals surface area contributed by atoms with E-state index in [1.54, 1.807) is 67.6 Å². The van der Waals surface area contributed by atoms with Crippen LogP contribution in [0, 0.1) is 12.8 Å². The van der Waals surface area contributed by atoms with E-state index in [-0.39, 0.29) is 11.5 Å². The van der Waals surface area contributed by atoms with Gasteiger partial charge in [0.15, 0.2) is 0 Å². The molecule has 0 aromatic heterocycles. The molecule has 158 valence electrons. The van der Waals surface area contributed by atoms with E-state index < -0.39 is 23.8 Å². The Morgan fingerprint density at radius 1 is 0.875 bits per heavy atom. The summed E-state index contributed by atoms with van der Waals surface area (Å²) in [6.45, 7) is 1.76. The first kappa shape index (κ1) is 20.2. The SMILES string of the molecule is Cc1c(Cl)cccc1N1C(=O)[C@H]2C(C(=O)c3ccccc3)=NN(c3ccccc3)[C@H]2C1=O. The van der Waals surface area contributed by atoms with Crippen molar-refractivity contribution in [2.45, 2.75) is 13.0 Å². The Hall–Kier alpha value is -3.77. The Bertz CT molecular complexity index is 1270. The number of Topliss-reactive ketones (excluding diaryl/α,β-unsaturated/α-hetero) is 1. The van der Waals surface area contributed by atoms with E-state index in [1.807, 2.05) is 18.2 Å². The van der Waals surface area contributed by atoms with E-state index in [0.717, 1.165) is 4.90 Å². The topological polar surface area (TPSA) is 70.1 Å². The monoisotopic (exact) mass is 443 g/mol. The number of carbonyl (C=O) groups excluding carboxylic acids is 3. The number of hydrazone groups is 1. The molecular weight excluding hydrogens is 426 g/mol. The van der Waals surface area contributed by atoms with E-state index in [9.17, 15) is 14.4 Å². The molecular formula is C25H18ClN3O3. The van der Waals surface area contributed by atoms with Gasteiger partial charge in [-0.25, -0.2) is 4.90 Å². The number of hydrogen-bond acceptors (Lipinski definition) is 5. The van der Waals surface area contributed by atoms with Crippen molar-refractivity contribution in [2.75, 3.05) is 9.91 Å². The number of carbonyl (C=O) groups is 3. The van der Waals surface area contributed by atoms with Crippen LogP contribution in [0.1, 0.15) is 15.9 Å². The summed E-state index contributed by atoms with van der Waals surface area (Å²) in [5.74, 6) is -2.29. The van der Waals surface area contributed by atoms with Crippen LogP contribution >= 0.6 is 11.6 Å². The Morgan fingerprint density at radius 3 is 2.22 bits per heavy atom. The molecule has 0 radical (unpaired) electrons. The van der Waals surface area contributed by atoms with E-state index in [4.69, 9.17) is 11.6 Å². The highest BCUT2D eigenvalue weighted by Crippen LogP contribution is 2.40. The van der Waals surface area contributed by atoms with Gasteiger partial charge in [-0.05, 0) is 36.8 Å². The molecule has 2 heterocycles. The standard InChI is InChI=1S/C25H18ClN3O3/c1-15-18(26)13-8-14-19(15)28-24(31)20-21(23(30)16-9-4-2-5-10-16)27-29(22(20)25(28)32)17-11-6-3-7-12-17/h2-14,20,22H,1H3/t20-,22+/m0/s1. The molecule has 1 saturated heterocycles. The summed E-state index contributed by atoms with van der Waals surface area (Å²) in [7, 11) is 0. The molecule has 3 aromatic rings. The highest BCUT2D eigenvalue weighted by Gasteiger charge is 2.58. The van der Waals surface area contributed by atoms with E-state index in [1.165, 1.54) is 5.01 Å². The first-order valence-electron chi connectivity index (χ1n) is 10.1. The lowest BCUT2D eigenvalue weighted by molar-refractivity contribution is -0.121. The lowest BCUT2D eigenvalue weighted by atomic mass is 9.92. The minimum Gasteiger partial charge on any atom is -0.287 e. The summed E-state index contributed by atoms with van der Waals surface area (Å²) in [5.41, 5.74) is 2.14. The number of nitrogens with zero attached hydrogens (tertiary/aromatic N) is 3. The number of rotatable bonds is 4. The maximum absolute atomic E-state index is 13.6. The number of anilines is 2. The van der Waals surface area contributed by atoms with Gasteiger partial charge in [-0.1, -0.05) is 66.2 Å². The average molecular weight is 444 g/mol. The Morgan fingerprint density at radius 2 is 1.53 bits per heavy atom. The predicted molar refractivity (Wildman–Crippen MR) is 123 cm³/mol. The van der Waals surface area contributed by atoms with Gasteiger partial charge in [-0.15, -0.1) is 0 Å². The second-order valence-corrected chi connectivity index (χ2v) is 8.09. The number of ketones is 1. The zero-order chi connectivity index (χ0) is 22.4. The third-order valence-corrected chi connectivity index (χ3v) is 6.23. The number of hydrogen-bond donors (Lipinski definition) is 0. The van der Waals surface area contributed by atoms with Gasteiger partial charge < -0.3 is 0 Å². The molecule has 7 heteroatoms. The van der Waals surface area contributed by atoms with Crippen LogP contribution in [-0.2, 0) is 9.59 Å². The molecule has 2 atom stereocenters. The van der Waals surface area contributed by atoms with Crippen LogP contribution in [0.3, 0.4) is 0 Å². The molecule has 2 amide bonds. The summed E-state index contributed by atoms with van der Waals surface area (Å²) in [4.78, 5) is 41.6. The molecule has 5 rings (SSSR count). The van der Waals surface area contributed by atoms with Gasteiger partial charge in [0.25, 0.3) is 5.91 Å².